The summed E-state index contributed by atoms with van der Waals surface area (Å²) < 4.78 is 19.8. The van der Waals surface area contributed by atoms with Crippen LogP contribution >= 0.6 is 0 Å². The van der Waals surface area contributed by atoms with Crippen LogP contribution in [0.5, 0.6) is 5.75 Å². The first-order chi connectivity index (χ1) is 11.7. The molecule has 1 aliphatic rings. The number of hydrogen-bond acceptors (Lipinski definition) is 2. The average Bonchev–Trinajstić information content (AvgIpc) is 2.60. The summed E-state index contributed by atoms with van der Waals surface area (Å²) in [6.07, 6.45) is 2.20. The summed E-state index contributed by atoms with van der Waals surface area (Å²) in [6.45, 7) is 6.61. The molecular formula is C21H26FNO. The molecule has 1 fully saturated rings. The van der Waals surface area contributed by atoms with Gasteiger partial charge in [-0.15, -0.1) is 0 Å². The van der Waals surface area contributed by atoms with Crippen LogP contribution in [-0.4, -0.2) is 19.7 Å². The molecule has 2 atom stereocenters. The molecule has 0 aliphatic carbocycles. The van der Waals surface area contributed by atoms with Gasteiger partial charge in [0.1, 0.15) is 11.6 Å². The van der Waals surface area contributed by atoms with Crippen molar-refractivity contribution in [3.05, 3.63) is 59.9 Å². The summed E-state index contributed by atoms with van der Waals surface area (Å²) in [4.78, 5) is 2.17. The minimum atomic E-state index is -0.160. The highest BCUT2D eigenvalue weighted by molar-refractivity contribution is 5.52. The van der Waals surface area contributed by atoms with E-state index in [1.54, 1.807) is 6.07 Å². The van der Waals surface area contributed by atoms with Crippen LogP contribution in [0.4, 0.5) is 10.1 Å². The van der Waals surface area contributed by atoms with E-state index < -0.39 is 0 Å². The number of rotatable bonds is 5. The summed E-state index contributed by atoms with van der Waals surface area (Å²) in [5.74, 6) is 1.77. The lowest BCUT2D eigenvalue weighted by Gasteiger charge is -2.38. The van der Waals surface area contributed by atoms with Crippen molar-refractivity contribution >= 4 is 5.69 Å². The number of nitrogens with zero attached hydrogens (tertiary/aromatic N) is 1. The molecule has 0 bridgehead atoms. The molecule has 0 radical (unpaired) electrons. The van der Waals surface area contributed by atoms with Gasteiger partial charge >= 0.3 is 0 Å². The van der Waals surface area contributed by atoms with Gasteiger partial charge in [-0.05, 0) is 49.3 Å². The summed E-state index contributed by atoms with van der Waals surface area (Å²) in [5, 5.41) is 0. The van der Waals surface area contributed by atoms with E-state index in [-0.39, 0.29) is 5.82 Å². The van der Waals surface area contributed by atoms with Gasteiger partial charge in [0.25, 0.3) is 0 Å². The molecule has 0 amide bonds. The maximum absolute atomic E-state index is 14.3. The van der Waals surface area contributed by atoms with Gasteiger partial charge in [-0.1, -0.05) is 37.3 Å². The van der Waals surface area contributed by atoms with Crippen molar-refractivity contribution in [1.29, 1.82) is 0 Å². The van der Waals surface area contributed by atoms with Gasteiger partial charge in [0.15, 0.2) is 0 Å². The molecular weight excluding hydrogens is 301 g/mol. The van der Waals surface area contributed by atoms with E-state index in [0.29, 0.717) is 24.1 Å². The number of benzene rings is 2. The second kappa shape index (κ2) is 7.69. The van der Waals surface area contributed by atoms with Crippen molar-refractivity contribution in [1.82, 2.24) is 0 Å². The molecule has 0 spiro atoms. The van der Waals surface area contributed by atoms with Crippen LogP contribution in [0.3, 0.4) is 0 Å². The summed E-state index contributed by atoms with van der Waals surface area (Å²) in [6, 6.07) is 15.7. The van der Waals surface area contributed by atoms with Crippen LogP contribution in [0, 0.1) is 17.7 Å². The Bertz CT molecular complexity index is 658. The standard InChI is InChI=1S/C21H26FNO/c1-3-24-19-9-10-20(22)21(14-19)23-12-11-18(16(2)15-23)13-17-7-5-4-6-8-17/h4-10,14,16,18H,3,11-13,15H2,1-2H3. The Hall–Kier alpha value is -2.03. The summed E-state index contributed by atoms with van der Waals surface area (Å²) >= 11 is 0. The molecule has 128 valence electrons. The van der Waals surface area contributed by atoms with Crippen LogP contribution < -0.4 is 9.64 Å². The fraction of sp³-hybridized carbons (Fsp3) is 0.429. The lowest BCUT2D eigenvalue weighted by molar-refractivity contribution is 0.295. The Labute approximate surface area is 144 Å². The van der Waals surface area contributed by atoms with Gasteiger partial charge in [-0.2, -0.15) is 0 Å². The molecule has 2 unspecified atom stereocenters. The minimum Gasteiger partial charge on any atom is -0.494 e. The van der Waals surface area contributed by atoms with Gasteiger partial charge < -0.3 is 9.64 Å². The molecule has 1 heterocycles. The second-order valence-corrected chi connectivity index (χ2v) is 6.71. The Morgan fingerprint density at radius 2 is 1.96 bits per heavy atom. The minimum absolute atomic E-state index is 0.160. The summed E-state index contributed by atoms with van der Waals surface area (Å²) in [7, 11) is 0. The smallest absolute Gasteiger partial charge is 0.146 e. The normalized spacial score (nSPS) is 20.9. The lowest BCUT2D eigenvalue weighted by atomic mass is 9.82. The monoisotopic (exact) mass is 327 g/mol. The first-order valence-corrected chi connectivity index (χ1v) is 8.88. The molecule has 1 aliphatic heterocycles. The number of hydrogen-bond donors (Lipinski definition) is 0. The van der Waals surface area contributed by atoms with E-state index in [0.717, 1.165) is 31.7 Å². The van der Waals surface area contributed by atoms with E-state index in [1.807, 2.05) is 13.0 Å². The third-order valence-electron chi connectivity index (χ3n) is 4.99. The Kier molecular flexibility index (Phi) is 5.39. The lowest BCUT2D eigenvalue weighted by Crippen LogP contribution is -2.40. The van der Waals surface area contributed by atoms with Crippen molar-refractivity contribution in [2.45, 2.75) is 26.7 Å². The van der Waals surface area contributed by atoms with Crippen LogP contribution in [0.15, 0.2) is 48.5 Å². The first-order valence-electron chi connectivity index (χ1n) is 8.88. The quantitative estimate of drug-likeness (QED) is 0.772. The molecule has 1 saturated heterocycles. The third kappa shape index (κ3) is 3.89. The van der Waals surface area contributed by atoms with Crippen molar-refractivity contribution < 1.29 is 9.13 Å². The highest BCUT2D eigenvalue weighted by Crippen LogP contribution is 2.32. The van der Waals surface area contributed by atoms with Gasteiger partial charge in [-0.25, -0.2) is 4.39 Å². The largest absolute Gasteiger partial charge is 0.494 e. The SMILES string of the molecule is CCOc1ccc(F)c(N2CCC(Cc3ccccc3)C(C)C2)c1. The molecule has 0 aromatic heterocycles. The van der Waals surface area contributed by atoms with E-state index in [9.17, 15) is 4.39 Å². The van der Waals surface area contributed by atoms with E-state index in [1.165, 1.54) is 11.6 Å². The van der Waals surface area contributed by atoms with Gasteiger partial charge in [-0.3, -0.25) is 0 Å². The average molecular weight is 327 g/mol. The number of ether oxygens (including phenoxy) is 1. The number of piperidine rings is 1. The molecule has 2 nitrogen and oxygen atoms in total. The van der Waals surface area contributed by atoms with Crippen molar-refractivity contribution in [2.24, 2.45) is 11.8 Å². The maximum atomic E-state index is 14.3. The fourth-order valence-corrected chi connectivity index (χ4v) is 3.62. The van der Waals surface area contributed by atoms with Gasteiger partial charge in [0.2, 0.25) is 0 Å². The van der Waals surface area contributed by atoms with Crippen LogP contribution in [-0.2, 0) is 6.42 Å². The first kappa shape index (κ1) is 16.8. The number of halogens is 1. The highest BCUT2D eigenvalue weighted by atomic mass is 19.1. The molecule has 2 aromatic rings. The maximum Gasteiger partial charge on any atom is 0.146 e. The molecule has 3 rings (SSSR count). The Morgan fingerprint density at radius 1 is 1.17 bits per heavy atom. The zero-order chi connectivity index (χ0) is 16.9. The fourth-order valence-electron chi connectivity index (χ4n) is 3.62. The number of anilines is 1. The van der Waals surface area contributed by atoms with Gasteiger partial charge in [0, 0.05) is 19.2 Å². The molecule has 0 saturated carbocycles. The second-order valence-electron chi connectivity index (χ2n) is 6.71. The predicted molar refractivity (Wildman–Crippen MR) is 97.2 cm³/mol. The van der Waals surface area contributed by atoms with E-state index in [4.69, 9.17) is 4.74 Å². The third-order valence-corrected chi connectivity index (χ3v) is 4.99. The van der Waals surface area contributed by atoms with Crippen molar-refractivity contribution in [3.8, 4) is 5.75 Å². The Balaban J connectivity index is 1.68. The predicted octanol–water partition coefficient (Wildman–Crippen LogP) is 4.93. The van der Waals surface area contributed by atoms with E-state index in [2.05, 4.69) is 42.2 Å². The zero-order valence-electron chi connectivity index (χ0n) is 14.5. The van der Waals surface area contributed by atoms with Crippen molar-refractivity contribution in [3.63, 3.8) is 0 Å². The molecule has 0 N–H and O–H groups in total. The van der Waals surface area contributed by atoms with Crippen LogP contribution in [0.25, 0.3) is 0 Å². The molecule has 3 heteroatoms. The summed E-state index contributed by atoms with van der Waals surface area (Å²) in [5.41, 5.74) is 2.07. The topological polar surface area (TPSA) is 12.5 Å². The van der Waals surface area contributed by atoms with Crippen LogP contribution in [0.1, 0.15) is 25.8 Å². The Morgan fingerprint density at radius 3 is 2.67 bits per heavy atom. The van der Waals surface area contributed by atoms with Gasteiger partial charge in [0.05, 0.1) is 12.3 Å². The molecule has 2 aromatic carbocycles. The van der Waals surface area contributed by atoms with E-state index >= 15 is 0 Å². The molecule has 24 heavy (non-hydrogen) atoms. The van der Waals surface area contributed by atoms with Crippen molar-refractivity contribution in [2.75, 3.05) is 24.6 Å². The van der Waals surface area contributed by atoms with Crippen LogP contribution in [0.2, 0.25) is 0 Å². The highest BCUT2D eigenvalue weighted by Gasteiger charge is 2.27. The zero-order valence-corrected chi connectivity index (χ0v) is 14.5.